The number of carbonyl (C=O) groups excluding carboxylic acids is 1. The van der Waals surface area contributed by atoms with Crippen molar-refractivity contribution in [2.24, 2.45) is 0 Å². The number of carbonyl (C=O) groups is 1. The molecular weight excluding hydrogens is 249 g/mol. The highest BCUT2D eigenvalue weighted by atomic mass is 19.1. The van der Waals surface area contributed by atoms with Crippen molar-refractivity contribution in [2.75, 3.05) is 13.2 Å². The summed E-state index contributed by atoms with van der Waals surface area (Å²) in [5, 5.41) is 11.8. The van der Waals surface area contributed by atoms with Crippen LogP contribution in [0.25, 0.3) is 0 Å². The van der Waals surface area contributed by atoms with Gasteiger partial charge in [-0.15, -0.1) is 0 Å². The van der Waals surface area contributed by atoms with Gasteiger partial charge in [0.25, 0.3) is 5.91 Å². The molecule has 1 aromatic rings. The molecule has 0 aromatic heterocycles. The van der Waals surface area contributed by atoms with Crippen molar-refractivity contribution in [3.8, 4) is 5.75 Å². The highest BCUT2D eigenvalue weighted by molar-refractivity contribution is 5.78. The largest absolute Gasteiger partial charge is 0.484 e. The van der Waals surface area contributed by atoms with Crippen molar-refractivity contribution in [3.63, 3.8) is 0 Å². The van der Waals surface area contributed by atoms with E-state index >= 15 is 0 Å². The van der Waals surface area contributed by atoms with Crippen molar-refractivity contribution < 1.29 is 19.0 Å². The summed E-state index contributed by atoms with van der Waals surface area (Å²) in [5.74, 6) is -0.380. The van der Waals surface area contributed by atoms with E-state index in [2.05, 4.69) is 5.32 Å². The number of halogens is 1. The summed E-state index contributed by atoms with van der Waals surface area (Å²) in [4.78, 5) is 11.7. The van der Waals surface area contributed by atoms with Gasteiger partial charge in [-0.2, -0.15) is 0 Å². The molecule has 1 amide bonds. The number of amides is 1. The van der Waals surface area contributed by atoms with Crippen LogP contribution >= 0.6 is 0 Å². The van der Waals surface area contributed by atoms with Crippen molar-refractivity contribution in [3.05, 3.63) is 30.1 Å². The Kier molecular flexibility index (Phi) is 5.76. The number of rotatable bonds is 7. The van der Waals surface area contributed by atoms with Crippen LogP contribution in [0.2, 0.25) is 0 Å². The Hall–Kier alpha value is -1.62. The minimum Gasteiger partial charge on any atom is -0.484 e. The third-order valence-corrected chi connectivity index (χ3v) is 3.05. The average molecular weight is 269 g/mol. The Morgan fingerprint density at radius 1 is 1.53 bits per heavy atom. The summed E-state index contributed by atoms with van der Waals surface area (Å²) >= 11 is 0. The van der Waals surface area contributed by atoms with Gasteiger partial charge >= 0.3 is 0 Å². The normalized spacial score (nSPS) is 13.7. The third kappa shape index (κ3) is 5.26. The highest BCUT2D eigenvalue weighted by Crippen LogP contribution is 2.14. The molecule has 5 heteroatoms. The minimum absolute atomic E-state index is 0.00930. The summed E-state index contributed by atoms with van der Waals surface area (Å²) in [6.45, 7) is 3.63. The molecule has 0 aliphatic heterocycles. The molecule has 0 fully saturated rings. The molecular formula is C14H20FNO3. The Bertz CT molecular complexity index is 425. The summed E-state index contributed by atoms with van der Waals surface area (Å²) in [7, 11) is 0. The fraction of sp³-hybridized carbons (Fsp3) is 0.500. The van der Waals surface area contributed by atoms with Crippen molar-refractivity contribution in [2.45, 2.75) is 32.2 Å². The zero-order chi connectivity index (χ0) is 14.3. The first-order chi connectivity index (χ1) is 8.99. The van der Waals surface area contributed by atoms with E-state index in [9.17, 15) is 9.18 Å². The molecule has 0 radical (unpaired) electrons. The van der Waals surface area contributed by atoms with Crippen LogP contribution in [0.3, 0.4) is 0 Å². The second-order valence-electron chi connectivity index (χ2n) is 4.68. The van der Waals surface area contributed by atoms with E-state index in [1.165, 1.54) is 18.2 Å². The van der Waals surface area contributed by atoms with Gasteiger partial charge in [0.15, 0.2) is 6.61 Å². The van der Waals surface area contributed by atoms with Gasteiger partial charge in [-0.3, -0.25) is 4.79 Å². The summed E-state index contributed by atoms with van der Waals surface area (Å²) in [6, 6.07) is 5.63. The molecule has 0 heterocycles. The Labute approximate surface area is 112 Å². The standard InChI is InChI=1S/C14H20FNO3/c1-3-14(2,7-8-17)16-13(18)10-19-12-6-4-5-11(15)9-12/h4-6,9,17H,3,7-8,10H2,1-2H3,(H,16,18). The topological polar surface area (TPSA) is 58.6 Å². The monoisotopic (exact) mass is 269 g/mol. The number of nitrogens with one attached hydrogen (secondary N) is 1. The number of ether oxygens (including phenoxy) is 1. The number of benzene rings is 1. The lowest BCUT2D eigenvalue weighted by atomic mass is 9.95. The van der Waals surface area contributed by atoms with E-state index in [-0.39, 0.29) is 19.1 Å². The van der Waals surface area contributed by atoms with Crippen LogP contribution in [0.15, 0.2) is 24.3 Å². The van der Waals surface area contributed by atoms with Gasteiger partial charge in [-0.1, -0.05) is 13.0 Å². The van der Waals surface area contributed by atoms with Gasteiger partial charge in [-0.25, -0.2) is 4.39 Å². The molecule has 2 N–H and O–H groups in total. The fourth-order valence-electron chi connectivity index (χ4n) is 1.65. The Morgan fingerprint density at radius 2 is 2.26 bits per heavy atom. The lowest BCUT2D eigenvalue weighted by Crippen LogP contribution is -2.47. The number of hydrogen-bond acceptors (Lipinski definition) is 3. The van der Waals surface area contributed by atoms with E-state index in [0.717, 1.165) is 0 Å². The molecule has 1 rings (SSSR count). The van der Waals surface area contributed by atoms with Gasteiger partial charge in [-0.05, 0) is 31.9 Å². The second-order valence-corrected chi connectivity index (χ2v) is 4.68. The van der Waals surface area contributed by atoms with Gasteiger partial charge in [0.1, 0.15) is 11.6 Å². The van der Waals surface area contributed by atoms with Gasteiger partial charge in [0.05, 0.1) is 0 Å². The van der Waals surface area contributed by atoms with E-state index in [1.54, 1.807) is 6.07 Å². The summed E-state index contributed by atoms with van der Waals surface area (Å²) in [5.41, 5.74) is -0.447. The van der Waals surface area contributed by atoms with E-state index < -0.39 is 11.4 Å². The molecule has 1 aromatic carbocycles. The molecule has 0 spiro atoms. The third-order valence-electron chi connectivity index (χ3n) is 3.05. The van der Waals surface area contributed by atoms with Crippen LogP contribution in [-0.2, 0) is 4.79 Å². The average Bonchev–Trinajstić information content (AvgIpc) is 2.37. The van der Waals surface area contributed by atoms with Gasteiger partial charge < -0.3 is 15.2 Å². The zero-order valence-corrected chi connectivity index (χ0v) is 11.3. The van der Waals surface area contributed by atoms with Crippen molar-refractivity contribution in [1.29, 1.82) is 0 Å². The predicted molar refractivity (Wildman–Crippen MR) is 70.4 cm³/mol. The van der Waals surface area contributed by atoms with Crippen LogP contribution in [-0.4, -0.2) is 29.8 Å². The molecule has 0 aliphatic carbocycles. The van der Waals surface area contributed by atoms with Crippen LogP contribution in [0.1, 0.15) is 26.7 Å². The molecule has 1 atom stereocenters. The first-order valence-corrected chi connectivity index (χ1v) is 6.29. The SMILES string of the molecule is CCC(C)(CCO)NC(=O)COc1cccc(F)c1. The quantitative estimate of drug-likeness (QED) is 0.794. The van der Waals surface area contributed by atoms with Crippen molar-refractivity contribution in [1.82, 2.24) is 5.32 Å². The molecule has 0 saturated carbocycles. The lowest BCUT2D eigenvalue weighted by Gasteiger charge is -2.28. The highest BCUT2D eigenvalue weighted by Gasteiger charge is 2.23. The first-order valence-electron chi connectivity index (χ1n) is 6.29. The molecule has 1 unspecified atom stereocenters. The second kappa shape index (κ2) is 7.09. The van der Waals surface area contributed by atoms with E-state index in [4.69, 9.17) is 9.84 Å². The molecule has 0 bridgehead atoms. The minimum atomic E-state index is -0.447. The molecule has 0 aliphatic rings. The van der Waals surface area contributed by atoms with Crippen molar-refractivity contribution >= 4 is 5.91 Å². The smallest absolute Gasteiger partial charge is 0.258 e. The van der Waals surface area contributed by atoms with E-state index in [1.807, 2.05) is 13.8 Å². The maximum Gasteiger partial charge on any atom is 0.258 e. The Morgan fingerprint density at radius 3 is 2.84 bits per heavy atom. The van der Waals surface area contributed by atoms with Crippen LogP contribution in [0.4, 0.5) is 4.39 Å². The molecule has 0 saturated heterocycles. The lowest BCUT2D eigenvalue weighted by molar-refractivity contribution is -0.125. The van der Waals surface area contributed by atoms with Crippen LogP contribution in [0.5, 0.6) is 5.75 Å². The number of aliphatic hydroxyl groups excluding tert-OH is 1. The maximum absolute atomic E-state index is 12.9. The molecule has 106 valence electrons. The van der Waals surface area contributed by atoms with Gasteiger partial charge in [0, 0.05) is 18.2 Å². The number of hydrogen-bond donors (Lipinski definition) is 2. The molecule has 19 heavy (non-hydrogen) atoms. The molecule has 4 nitrogen and oxygen atoms in total. The summed E-state index contributed by atoms with van der Waals surface area (Å²) in [6.07, 6.45) is 1.19. The fourth-order valence-corrected chi connectivity index (χ4v) is 1.65. The zero-order valence-electron chi connectivity index (χ0n) is 11.3. The number of aliphatic hydroxyl groups is 1. The predicted octanol–water partition coefficient (Wildman–Crippen LogP) is 1.87. The summed E-state index contributed by atoms with van der Waals surface area (Å²) < 4.78 is 18.1. The first kappa shape index (κ1) is 15.4. The van der Waals surface area contributed by atoms with Crippen LogP contribution in [0, 0.1) is 5.82 Å². The Balaban J connectivity index is 2.47. The van der Waals surface area contributed by atoms with Gasteiger partial charge in [0.2, 0.25) is 0 Å². The van der Waals surface area contributed by atoms with Crippen LogP contribution < -0.4 is 10.1 Å². The maximum atomic E-state index is 12.9. The van der Waals surface area contributed by atoms with E-state index in [0.29, 0.717) is 18.6 Å².